The van der Waals surface area contributed by atoms with Crippen molar-refractivity contribution in [3.63, 3.8) is 0 Å². The molecule has 3 N–H and O–H groups in total. The summed E-state index contributed by atoms with van der Waals surface area (Å²) in [6.45, 7) is 0.279. The third-order valence-corrected chi connectivity index (χ3v) is 1.87. The fraction of sp³-hybridized carbons (Fsp3) is 0.300. The number of hydrogen-bond acceptors (Lipinski definition) is 3. The third kappa shape index (κ3) is 2.65. The van der Waals surface area contributed by atoms with Crippen LogP contribution in [0.25, 0.3) is 0 Å². The number of anilines is 1. The molecule has 0 aliphatic rings. The number of nitrogen functional groups attached to an aromatic ring is 1. The molecule has 82 valence electrons. The summed E-state index contributed by atoms with van der Waals surface area (Å²) in [6, 6.07) is 3.06. The van der Waals surface area contributed by atoms with Crippen molar-refractivity contribution < 1.29 is 13.5 Å². The number of aryl methyl sites for hydroxylation is 1. The lowest BCUT2D eigenvalue weighted by Gasteiger charge is -2.13. The van der Waals surface area contributed by atoms with Gasteiger partial charge in [0.15, 0.2) is 0 Å². The van der Waals surface area contributed by atoms with E-state index in [-0.39, 0.29) is 22.7 Å². The average Bonchev–Trinajstić information content (AvgIpc) is 1.99. The Hall–Kier alpha value is -1.65. The molecule has 0 spiro atoms. The summed E-state index contributed by atoms with van der Waals surface area (Å²) in [7, 11) is 0. The highest BCUT2D eigenvalue weighted by Gasteiger charge is 2.14. The first-order valence-electron chi connectivity index (χ1n) is 4.32. The lowest BCUT2D eigenvalue weighted by atomic mass is 10.1. The molecule has 15 heavy (non-hydrogen) atoms. The van der Waals surface area contributed by atoms with Crippen LogP contribution >= 0.6 is 0 Å². The molecule has 0 heterocycles. The van der Waals surface area contributed by atoms with E-state index in [0.29, 0.717) is 5.56 Å². The van der Waals surface area contributed by atoms with E-state index in [0.717, 1.165) is 0 Å². The van der Waals surface area contributed by atoms with Gasteiger partial charge < -0.3 is 15.9 Å². The van der Waals surface area contributed by atoms with Gasteiger partial charge in [0.2, 0.25) is 0 Å². The van der Waals surface area contributed by atoms with Crippen LogP contribution in [0.4, 0.5) is 14.5 Å². The highest BCUT2D eigenvalue weighted by atomic mass is 19.3. The molecule has 0 fully saturated rings. The summed E-state index contributed by atoms with van der Waals surface area (Å²) in [5, 5.41) is 7.43. The molecular formula is C10H12F2N2O. The summed E-state index contributed by atoms with van der Waals surface area (Å²) in [5.74, 6) is -0.0463. The minimum absolute atomic E-state index is 0.0463. The molecule has 0 amide bonds. The predicted octanol–water partition coefficient (Wildman–Crippen LogP) is 2.57. The number of benzene rings is 1. The molecule has 0 atom stereocenters. The number of nitrogens with one attached hydrogen (secondary N) is 1. The highest BCUT2D eigenvalue weighted by Crippen LogP contribution is 2.28. The van der Waals surface area contributed by atoms with Gasteiger partial charge in [0, 0.05) is 11.4 Å². The fourth-order valence-electron chi connectivity index (χ4n) is 1.37. The minimum Gasteiger partial charge on any atom is -0.434 e. The van der Waals surface area contributed by atoms with Crippen LogP contribution in [0.15, 0.2) is 12.1 Å². The summed E-state index contributed by atoms with van der Waals surface area (Å²) < 4.78 is 28.5. The number of alkyl halides is 2. The molecule has 1 aromatic carbocycles. The third-order valence-electron chi connectivity index (χ3n) is 1.87. The highest BCUT2D eigenvalue weighted by molar-refractivity contribution is 6.03. The molecular weight excluding hydrogens is 202 g/mol. The van der Waals surface area contributed by atoms with Crippen LogP contribution in [0.3, 0.4) is 0 Å². The van der Waals surface area contributed by atoms with Gasteiger partial charge in [-0.25, -0.2) is 0 Å². The molecule has 5 heteroatoms. The van der Waals surface area contributed by atoms with Gasteiger partial charge in [-0.05, 0) is 31.5 Å². The Labute approximate surface area is 86.4 Å². The summed E-state index contributed by atoms with van der Waals surface area (Å²) >= 11 is 0. The predicted molar refractivity (Wildman–Crippen MR) is 54.7 cm³/mol. The fourth-order valence-corrected chi connectivity index (χ4v) is 1.37. The van der Waals surface area contributed by atoms with Crippen molar-refractivity contribution in [2.75, 3.05) is 5.73 Å². The topological polar surface area (TPSA) is 59.1 Å². The Morgan fingerprint density at radius 1 is 1.47 bits per heavy atom. The number of rotatable bonds is 3. The van der Waals surface area contributed by atoms with Crippen LogP contribution in [-0.4, -0.2) is 12.3 Å². The van der Waals surface area contributed by atoms with Crippen molar-refractivity contribution >= 4 is 11.4 Å². The number of ether oxygens (including phenoxy) is 1. The van der Waals surface area contributed by atoms with Crippen molar-refractivity contribution in [2.24, 2.45) is 0 Å². The zero-order chi connectivity index (χ0) is 11.6. The Bertz CT molecular complexity index is 391. The van der Waals surface area contributed by atoms with Crippen LogP contribution in [0.5, 0.6) is 5.75 Å². The monoisotopic (exact) mass is 214 g/mol. The van der Waals surface area contributed by atoms with Crippen molar-refractivity contribution in [3.05, 3.63) is 23.3 Å². The first-order chi connectivity index (χ1) is 6.91. The van der Waals surface area contributed by atoms with E-state index >= 15 is 0 Å². The second-order valence-corrected chi connectivity index (χ2v) is 3.23. The second-order valence-electron chi connectivity index (χ2n) is 3.23. The van der Waals surface area contributed by atoms with Gasteiger partial charge in [0.05, 0.1) is 5.56 Å². The lowest BCUT2D eigenvalue weighted by Crippen LogP contribution is -2.09. The quantitative estimate of drug-likeness (QED) is 0.600. The van der Waals surface area contributed by atoms with Crippen molar-refractivity contribution in [1.82, 2.24) is 0 Å². The van der Waals surface area contributed by atoms with Gasteiger partial charge in [0.1, 0.15) is 5.75 Å². The maximum atomic E-state index is 12.1. The van der Waals surface area contributed by atoms with Crippen molar-refractivity contribution in [2.45, 2.75) is 20.5 Å². The van der Waals surface area contributed by atoms with Gasteiger partial charge in [0.25, 0.3) is 0 Å². The summed E-state index contributed by atoms with van der Waals surface area (Å²) in [5.41, 5.74) is 6.95. The summed E-state index contributed by atoms with van der Waals surface area (Å²) in [6.07, 6.45) is 0. The van der Waals surface area contributed by atoms with Crippen LogP contribution in [0, 0.1) is 12.3 Å². The lowest BCUT2D eigenvalue weighted by molar-refractivity contribution is -0.0499. The van der Waals surface area contributed by atoms with Gasteiger partial charge >= 0.3 is 6.61 Å². The second kappa shape index (κ2) is 4.25. The van der Waals surface area contributed by atoms with Gasteiger partial charge in [-0.1, -0.05) is 0 Å². The van der Waals surface area contributed by atoms with Crippen molar-refractivity contribution in [1.29, 1.82) is 5.41 Å². The van der Waals surface area contributed by atoms with E-state index in [4.69, 9.17) is 11.1 Å². The van der Waals surface area contributed by atoms with E-state index in [1.54, 1.807) is 13.0 Å². The zero-order valence-corrected chi connectivity index (χ0v) is 8.47. The van der Waals surface area contributed by atoms with E-state index in [1.807, 2.05) is 0 Å². The number of halogens is 2. The molecule has 0 aliphatic heterocycles. The Kier molecular flexibility index (Phi) is 3.24. The first-order valence-corrected chi connectivity index (χ1v) is 4.32. The Morgan fingerprint density at radius 3 is 2.53 bits per heavy atom. The molecule has 0 unspecified atom stereocenters. The van der Waals surface area contributed by atoms with Crippen molar-refractivity contribution in [3.8, 4) is 5.75 Å². The smallest absolute Gasteiger partial charge is 0.387 e. The van der Waals surface area contributed by atoms with Crippen LogP contribution in [0.1, 0.15) is 18.1 Å². The number of hydrogen-bond donors (Lipinski definition) is 2. The Morgan fingerprint density at radius 2 is 2.07 bits per heavy atom. The molecule has 0 bridgehead atoms. The maximum Gasteiger partial charge on any atom is 0.387 e. The standard InChI is InChI=1S/C10H12F2N2O/c1-5-3-7(14)9(6(2)13)8(4-5)15-10(11)12/h3-4,10,13H,14H2,1-2H3. The SMILES string of the molecule is CC(=N)c1c(N)cc(C)cc1OC(F)F. The molecule has 0 aliphatic carbocycles. The molecule has 0 radical (unpaired) electrons. The number of nitrogens with two attached hydrogens (primary N) is 1. The van der Waals surface area contributed by atoms with Crippen LogP contribution < -0.4 is 10.5 Å². The van der Waals surface area contributed by atoms with Crippen LogP contribution in [0.2, 0.25) is 0 Å². The average molecular weight is 214 g/mol. The van der Waals surface area contributed by atoms with E-state index < -0.39 is 6.61 Å². The molecule has 0 aromatic heterocycles. The molecule has 1 aromatic rings. The normalized spacial score (nSPS) is 10.5. The summed E-state index contributed by atoms with van der Waals surface area (Å²) in [4.78, 5) is 0. The van der Waals surface area contributed by atoms with Gasteiger partial charge in [-0.2, -0.15) is 8.78 Å². The maximum absolute atomic E-state index is 12.1. The largest absolute Gasteiger partial charge is 0.434 e. The van der Waals surface area contributed by atoms with Gasteiger partial charge in [-0.15, -0.1) is 0 Å². The zero-order valence-electron chi connectivity index (χ0n) is 8.47. The molecule has 0 saturated carbocycles. The van der Waals surface area contributed by atoms with E-state index in [1.165, 1.54) is 13.0 Å². The first kappa shape index (κ1) is 11.4. The molecule has 3 nitrogen and oxygen atoms in total. The van der Waals surface area contributed by atoms with E-state index in [9.17, 15) is 8.78 Å². The minimum atomic E-state index is -2.91. The van der Waals surface area contributed by atoms with E-state index in [2.05, 4.69) is 4.74 Å². The van der Waals surface area contributed by atoms with Gasteiger partial charge in [-0.3, -0.25) is 0 Å². The van der Waals surface area contributed by atoms with Crippen LogP contribution in [-0.2, 0) is 0 Å². The molecule has 1 rings (SSSR count). The Balaban J connectivity index is 3.27. The molecule has 0 saturated heterocycles.